The van der Waals surface area contributed by atoms with Gasteiger partial charge < -0.3 is 9.97 Å². The molecule has 0 fully saturated rings. The molecule has 9 rings (SSSR count). The Bertz CT molecular complexity index is 2290. The monoisotopic (exact) mass is 676 g/mol. The smallest absolute Gasteiger partial charge is 0.164 e. The second kappa shape index (κ2) is 10.6. The molecule has 2 aliphatic heterocycles. The van der Waals surface area contributed by atoms with Gasteiger partial charge in [-0.3, -0.25) is 0 Å². The molecule has 2 aliphatic rings. The van der Waals surface area contributed by atoms with Crippen LogP contribution in [0.25, 0.3) is 89.7 Å². The summed E-state index contributed by atoms with van der Waals surface area (Å²) in [4.78, 5) is 36.8. The number of hydrogen-bond acceptors (Lipinski definition) is 8. The van der Waals surface area contributed by atoms with Crippen LogP contribution in [0.5, 0.6) is 0 Å². The van der Waals surface area contributed by atoms with Crippen molar-refractivity contribution in [3.8, 4) is 45.6 Å². The maximum atomic E-state index is 9.20. The van der Waals surface area contributed by atoms with Crippen LogP contribution in [0.4, 0.5) is 0 Å². The van der Waals surface area contributed by atoms with Crippen LogP contribution in [-0.4, -0.2) is 48.3 Å². The zero-order valence-electron chi connectivity index (χ0n) is 22.8. The number of aromatic nitrogens is 8. The quantitative estimate of drug-likeness (QED) is 0.131. The Hall–Kier alpha value is -5.00. The number of fused-ring (bicyclic) bond motifs is 20. The molecule has 8 bridgehead atoms. The number of hydrogen-bond donors (Lipinski definition) is 2. The zero-order chi connectivity index (χ0) is 30.7. The van der Waals surface area contributed by atoms with Crippen molar-refractivity contribution in [3.63, 3.8) is 0 Å². The third-order valence-electron chi connectivity index (χ3n) is 7.46. The van der Waals surface area contributed by atoms with E-state index in [1.807, 2.05) is 97.1 Å². The normalized spacial score (nSPS) is 12.0. The van der Waals surface area contributed by atoms with Gasteiger partial charge in [0.2, 0.25) is 0 Å². The van der Waals surface area contributed by atoms with Crippen molar-refractivity contribution in [3.05, 3.63) is 97.1 Å². The Labute approximate surface area is 267 Å². The van der Waals surface area contributed by atoms with E-state index in [1.54, 1.807) is 0 Å². The van der Waals surface area contributed by atoms with Crippen molar-refractivity contribution >= 4 is 62.3 Å². The molecule has 0 amide bonds. The van der Waals surface area contributed by atoms with Gasteiger partial charge in [-0.15, -0.1) is 0 Å². The molecule has 0 atom stereocenters. The summed E-state index contributed by atoms with van der Waals surface area (Å²) >= 11 is 3.70. The van der Waals surface area contributed by atoms with Gasteiger partial charge in [0.25, 0.3) is 0 Å². The van der Waals surface area contributed by atoms with E-state index in [9.17, 15) is 8.42 Å². The first kappa shape index (κ1) is 27.5. The van der Waals surface area contributed by atoms with Crippen molar-refractivity contribution < 1.29 is 23.3 Å². The van der Waals surface area contributed by atoms with Gasteiger partial charge >= 0.3 is 41.5 Å². The first-order chi connectivity index (χ1) is 21.8. The standard InChI is InChI=1S/C32H18N8.ClO2S.Cu/c1-2-10-18-17(9-1)25-33-26(18)38-28-21-13-5-6-14-22(21)30(35-28)40-32-24-16-8-7-15-23(24)31(36-32)39-29-20-12-4-3-11-19(20)27(34-29)37-25;1-4(2)3;/h1-16H,(H2,33,34,35,36,37,38,39,40);;. The number of aromatic amines is 2. The largest absolute Gasteiger partial charge is 0.324 e. The van der Waals surface area contributed by atoms with Crippen LogP contribution in [0, 0.1) is 0 Å². The fourth-order valence-electron chi connectivity index (χ4n) is 5.59. The summed E-state index contributed by atoms with van der Waals surface area (Å²) in [5.74, 6) is 2.39. The topological polar surface area (TPSA) is 143 Å². The van der Waals surface area contributed by atoms with Crippen LogP contribution in [-0.2, 0) is 22.4 Å². The number of nitrogens with zero attached hydrogens (tertiary/aromatic N) is 6. The van der Waals surface area contributed by atoms with Gasteiger partial charge in [0.05, 0.1) is 0 Å². The van der Waals surface area contributed by atoms with Crippen molar-refractivity contribution in [2.24, 2.45) is 0 Å². The first-order valence-electron chi connectivity index (χ1n) is 13.6. The van der Waals surface area contributed by atoms with E-state index in [2.05, 4.69) is 35.5 Å². The molecule has 13 heteroatoms. The molecule has 0 unspecified atom stereocenters. The average Bonchev–Trinajstić information content (AvgIpc) is 3.76. The fraction of sp³-hybridized carbons (Fsp3) is 0. The van der Waals surface area contributed by atoms with Crippen molar-refractivity contribution in [1.29, 1.82) is 0 Å². The molecule has 5 heterocycles. The van der Waals surface area contributed by atoms with E-state index >= 15 is 0 Å². The zero-order valence-corrected chi connectivity index (χ0v) is 25.3. The number of halogens is 1. The van der Waals surface area contributed by atoms with Crippen LogP contribution in [0.15, 0.2) is 97.1 Å². The molecule has 4 aromatic carbocycles. The molecule has 3 aromatic heterocycles. The van der Waals surface area contributed by atoms with E-state index in [0.717, 1.165) is 43.8 Å². The summed E-state index contributed by atoms with van der Waals surface area (Å²) in [5, 5.41) is 3.82. The second-order valence-electron chi connectivity index (χ2n) is 10.1. The Morgan fingerprint density at radius 2 is 0.667 bits per heavy atom. The average molecular weight is 678 g/mol. The van der Waals surface area contributed by atoms with Crippen LogP contribution in [0.1, 0.15) is 0 Å². The predicted octanol–water partition coefficient (Wildman–Crippen LogP) is 6.89. The van der Waals surface area contributed by atoms with Gasteiger partial charge in [0.15, 0.2) is 23.3 Å². The molecule has 0 spiro atoms. The van der Waals surface area contributed by atoms with Gasteiger partial charge in [-0.1, -0.05) is 97.1 Å². The summed E-state index contributed by atoms with van der Waals surface area (Å²) < 4.78 is 18.4. The molecule has 10 nitrogen and oxygen atoms in total. The van der Waals surface area contributed by atoms with Crippen LogP contribution >= 0.6 is 10.7 Å². The van der Waals surface area contributed by atoms with Crippen molar-refractivity contribution in [2.45, 2.75) is 0 Å². The fourth-order valence-corrected chi connectivity index (χ4v) is 5.59. The minimum atomic E-state index is -3.63. The maximum absolute atomic E-state index is 9.20. The van der Waals surface area contributed by atoms with E-state index in [4.69, 9.17) is 29.9 Å². The minimum absolute atomic E-state index is 0.597. The molecule has 222 valence electrons. The minimum Gasteiger partial charge on any atom is -0.324 e. The van der Waals surface area contributed by atoms with Crippen molar-refractivity contribution in [1.82, 2.24) is 39.9 Å². The molecule has 0 aliphatic carbocycles. The molecule has 0 saturated carbocycles. The van der Waals surface area contributed by atoms with Gasteiger partial charge in [-0.25, -0.2) is 29.9 Å². The van der Waals surface area contributed by atoms with Crippen LogP contribution in [0.2, 0.25) is 0 Å². The Kier molecular flexibility index (Phi) is 6.47. The van der Waals surface area contributed by atoms with Gasteiger partial charge in [0.1, 0.15) is 22.6 Å². The number of benzene rings is 4. The summed E-state index contributed by atoms with van der Waals surface area (Å²) in [6, 6.07) is 32.2. The Morgan fingerprint density at radius 3 is 0.911 bits per heavy atom. The van der Waals surface area contributed by atoms with E-state index in [0.29, 0.717) is 45.9 Å². The molecule has 0 radical (unpaired) electrons. The predicted molar refractivity (Wildman–Crippen MR) is 171 cm³/mol. The Morgan fingerprint density at radius 1 is 0.444 bits per heavy atom. The second-order valence-corrected chi connectivity index (χ2v) is 14.1. The van der Waals surface area contributed by atoms with E-state index < -0.39 is 7.47 Å². The third kappa shape index (κ3) is 5.03. The Balaban J connectivity index is 0.000000560. The van der Waals surface area contributed by atoms with Crippen LogP contribution in [0.3, 0.4) is 0 Å². The number of H-pyrrole nitrogens is 2. The SMILES string of the molecule is O=[S](=O)(Cl)[Cu].c1ccc2c(c1)-c1nc-2nc2[nH]c(nc3nc(nc4[nH]c(n1)c1ccccc41)-c1ccccc1-3)c1ccccc21. The van der Waals surface area contributed by atoms with Gasteiger partial charge in [-0.05, 0) is 0 Å². The summed E-state index contributed by atoms with van der Waals surface area (Å²) in [6.07, 6.45) is 0. The molecular formula is C32H18ClCuN8O2S. The number of rotatable bonds is 0. The third-order valence-corrected chi connectivity index (χ3v) is 7.46. The van der Waals surface area contributed by atoms with Crippen LogP contribution < -0.4 is 0 Å². The van der Waals surface area contributed by atoms with Crippen molar-refractivity contribution in [2.75, 3.05) is 0 Å². The van der Waals surface area contributed by atoms with Gasteiger partial charge in [0, 0.05) is 43.8 Å². The summed E-state index contributed by atoms with van der Waals surface area (Å²) in [7, 11) is 0.676. The van der Waals surface area contributed by atoms with E-state index in [-0.39, 0.29) is 0 Å². The molecular weight excluding hydrogens is 659 g/mol. The molecule has 45 heavy (non-hydrogen) atoms. The summed E-state index contributed by atoms with van der Waals surface area (Å²) in [5.41, 5.74) is 6.45. The summed E-state index contributed by atoms with van der Waals surface area (Å²) in [6.45, 7) is 0. The van der Waals surface area contributed by atoms with E-state index in [1.165, 1.54) is 0 Å². The number of nitrogens with one attached hydrogen (secondary N) is 2. The maximum Gasteiger partial charge on any atom is 0.164 e. The molecule has 0 saturated heterocycles. The van der Waals surface area contributed by atoms with Gasteiger partial charge in [-0.2, -0.15) is 0 Å². The molecule has 2 N–H and O–H groups in total. The molecule has 7 aromatic rings. The first-order valence-corrected chi connectivity index (χ1v) is 16.9.